The number of nitrogens with one attached hydrogen (secondary N) is 3. The first kappa shape index (κ1) is 23.3. The average molecular weight is 465 g/mol. The number of anilines is 1. The summed E-state index contributed by atoms with van der Waals surface area (Å²) in [4.78, 5) is 51.1. The number of carbonyl (C=O) groups excluding carboxylic acids is 4. The maximum atomic E-state index is 12.9. The molecule has 2 heterocycles. The molecule has 9 nitrogen and oxygen atoms in total. The van der Waals surface area contributed by atoms with Crippen molar-refractivity contribution in [3.05, 3.63) is 60.2 Å². The SMILES string of the molecule is CC1(c2cccc(NC(=O)C3CCCN(C(=O)CCOc4ccccc4)C3)c2)NC(=O)NC1=O. The van der Waals surface area contributed by atoms with Crippen molar-refractivity contribution in [2.24, 2.45) is 5.92 Å². The number of amides is 5. The van der Waals surface area contributed by atoms with Crippen LogP contribution < -0.4 is 20.7 Å². The maximum Gasteiger partial charge on any atom is 0.322 e. The van der Waals surface area contributed by atoms with Gasteiger partial charge in [-0.15, -0.1) is 0 Å². The number of piperidine rings is 1. The highest BCUT2D eigenvalue weighted by Gasteiger charge is 2.43. The van der Waals surface area contributed by atoms with E-state index in [1.807, 2.05) is 30.3 Å². The van der Waals surface area contributed by atoms with Gasteiger partial charge in [-0.25, -0.2) is 4.79 Å². The molecule has 9 heteroatoms. The predicted molar refractivity (Wildman–Crippen MR) is 125 cm³/mol. The smallest absolute Gasteiger partial charge is 0.322 e. The van der Waals surface area contributed by atoms with Crippen LogP contribution in [-0.2, 0) is 19.9 Å². The second-order valence-electron chi connectivity index (χ2n) is 8.69. The van der Waals surface area contributed by atoms with Gasteiger partial charge in [0.1, 0.15) is 11.3 Å². The Hall–Kier alpha value is -3.88. The molecule has 2 aliphatic heterocycles. The molecule has 2 aromatic carbocycles. The third-order valence-electron chi connectivity index (χ3n) is 6.22. The van der Waals surface area contributed by atoms with Gasteiger partial charge < -0.3 is 20.3 Å². The highest BCUT2D eigenvalue weighted by molar-refractivity contribution is 6.07. The van der Waals surface area contributed by atoms with E-state index >= 15 is 0 Å². The van der Waals surface area contributed by atoms with Crippen LogP contribution in [0.5, 0.6) is 5.75 Å². The minimum atomic E-state index is -1.20. The van der Waals surface area contributed by atoms with Crippen LogP contribution in [0, 0.1) is 5.92 Å². The van der Waals surface area contributed by atoms with Crippen molar-refractivity contribution < 1.29 is 23.9 Å². The Morgan fingerprint density at radius 2 is 1.94 bits per heavy atom. The van der Waals surface area contributed by atoms with E-state index in [4.69, 9.17) is 4.74 Å². The minimum Gasteiger partial charge on any atom is -0.493 e. The zero-order valence-corrected chi connectivity index (χ0v) is 19.0. The summed E-state index contributed by atoms with van der Waals surface area (Å²) in [5.74, 6) is -0.274. The number of nitrogens with zero attached hydrogens (tertiary/aromatic N) is 1. The molecule has 0 bridgehead atoms. The number of rotatable bonds is 7. The fourth-order valence-corrected chi connectivity index (χ4v) is 4.25. The Labute approximate surface area is 197 Å². The molecule has 2 saturated heterocycles. The van der Waals surface area contributed by atoms with Gasteiger partial charge >= 0.3 is 6.03 Å². The molecular weight excluding hydrogens is 436 g/mol. The first-order valence-electron chi connectivity index (χ1n) is 11.4. The normalized spacial score (nSPS) is 22.0. The second kappa shape index (κ2) is 9.94. The Morgan fingerprint density at radius 1 is 1.15 bits per heavy atom. The predicted octanol–water partition coefficient (Wildman–Crippen LogP) is 2.39. The van der Waals surface area contributed by atoms with Crippen LogP contribution in [0.2, 0.25) is 0 Å². The Kier molecular flexibility index (Phi) is 6.81. The average Bonchev–Trinajstić information content (AvgIpc) is 3.12. The van der Waals surface area contributed by atoms with Crippen molar-refractivity contribution in [1.29, 1.82) is 0 Å². The zero-order chi connectivity index (χ0) is 24.1. The van der Waals surface area contributed by atoms with Gasteiger partial charge in [0, 0.05) is 18.8 Å². The summed E-state index contributed by atoms with van der Waals surface area (Å²) in [6, 6.07) is 15.6. The summed E-state index contributed by atoms with van der Waals surface area (Å²) >= 11 is 0. The first-order valence-corrected chi connectivity index (χ1v) is 11.4. The number of carbonyl (C=O) groups is 4. The lowest BCUT2D eigenvalue weighted by atomic mass is 9.91. The van der Waals surface area contributed by atoms with E-state index < -0.39 is 17.5 Å². The Morgan fingerprint density at radius 3 is 2.68 bits per heavy atom. The van der Waals surface area contributed by atoms with E-state index in [-0.39, 0.29) is 30.8 Å². The molecule has 5 amide bonds. The molecule has 2 aliphatic rings. The number of hydrogen-bond acceptors (Lipinski definition) is 5. The second-order valence-corrected chi connectivity index (χ2v) is 8.69. The van der Waals surface area contributed by atoms with E-state index in [0.29, 0.717) is 30.8 Å². The van der Waals surface area contributed by atoms with Crippen LogP contribution in [0.1, 0.15) is 31.7 Å². The molecular formula is C25H28N4O5. The summed E-state index contributed by atoms with van der Waals surface area (Å²) < 4.78 is 5.62. The van der Waals surface area contributed by atoms with E-state index in [2.05, 4.69) is 16.0 Å². The van der Waals surface area contributed by atoms with Crippen LogP contribution in [0.4, 0.5) is 10.5 Å². The van der Waals surface area contributed by atoms with E-state index in [0.717, 1.165) is 12.2 Å². The molecule has 2 unspecified atom stereocenters. The molecule has 0 radical (unpaired) electrons. The minimum absolute atomic E-state index is 0.0358. The molecule has 34 heavy (non-hydrogen) atoms. The zero-order valence-electron chi connectivity index (χ0n) is 19.0. The molecule has 0 aromatic heterocycles. The van der Waals surface area contributed by atoms with Crippen molar-refractivity contribution in [3.63, 3.8) is 0 Å². The summed E-state index contributed by atoms with van der Waals surface area (Å²) in [6.07, 6.45) is 1.68. The van der Waals surface area contributed by atoms with Gasteiger partial charge in [0.15, 0.2) is 0 Å². The highest BCUT2D eigenvalue weighted by atomic mass is 16.5. The lowest BCUT2D eigenvalue weighted by Gasteiger charge is -2.32. The third-order valence-corrected chi connectivity index (χ3v) is 6.22. The molecule has 0 saturated carbocycles. The number of likely N-dealkylation sites (tertiary alicyclic amines) is 1. The molecule has 3 N–H and O–H groups in total. The standard InChI is InChI=1S/C25H28N4O5/c1-25(23(32)27-24(33)28-25)18-8-5-9-19(15-18)26-22(31)17-7-6-13-29(16-17)21(30)12-14-34-20-10-3-2-4-11-20/h2-5,8-11,15,17H,6-7,12-14,16H2,1H3,(H,26,31)(H2,27,28,32,33). The van der Waals surface area contributed by atoms with Crippen molar-refractivity contribution in [1.82, 2.24) is 15.5 Å². The fraction of sp³-hybridized carbons (Fsp3) is 0.360. The van der Waals surface area contributed by atoms with Gasteiger partial charge in [-0.05, 0) is 49.6 Å². The topological polar surface area (TPSA) is 117 Å². The van der Waals surface area contributed by atoms with Crippen LogP contribution in [-0.4, -0.2) is 48.3 Å². The lowest BCUT2D eigenvalue weighted by molar-refractivity contribution is -0.135. The number of para-hydroxylation sites is 1. The van der Waals surface area contributed by atoms with E-state index in [1.165, 1.54) is 0 Å². The summed E-state index contributed by atoms with van der Waals surface area (Å²) in [6.45, 7) is 2.87. The van der Waals surface area contributed by atoms with Gasteiger partial charge in [-0.3, -0.25) is 19.7 Å². The van der Waals surface area contributed by atoms with Gasteiger partial charge in [-0.1, -0.05) is 30.3 Å². The van der Waals surface area contributed by atoms with E-state index in [1.54, 1.807) is 36.1 Å². The Balaban J connectivity index is 1.32. The largest absolute Gasteiger partial charge is 0.493 e. The van der Waals surface area contributed by atoms with Gasteiger partial charge in [0.2, 0.25) is 11.8 Å². The summed E-state index contributed by atoms with van der Waals surface area (Å²) in [7, 11) is 0. The van der Waals surface area contributed by atoms with Gasteiger partial charge in [0.25, 0.3) is 5.91 Å². The highest BCUT2D eigenvalue weighted by Crippen LogP contribution is 2.27. The summed E-state index contributed by atoms with van der Waals surface area (Å²) in [5, 5.41) is 7.75. The maximum absolute atomic E-state index is 12.9. The van der Waals surface area contributed by atoms with Crippen molar-refractivity contribution >= 4 is 29.4 Å². The Bertz CT molecular complexity index is 1090. The molecule has 0 aliphatic carbocycles. The molecule has 2 aromatic rings. The number of imide groups is 1. The van der Waals surface area contributed by atoms with Crippen LogP contribution in [0.15, 0.2) is 54.6 Å². The van der Waals surface area contributed by atoms with Gasteiger partial charge in [0.05, 0.1) is 18.9 Å². The van der Waals surface area contributed by atoms with Gasteiger partial charge in [-0.2, -0.15) is 0 Å². The monoisotopic (exact) mass is 464 g/mol. The van der Waals surface area contributed by atoms with Crippen molar-refractivity contribution in [2.45, 2.75) is 31.7 Å². The number of benzene rings is 2. The number of urea groups is 1. The molecule has 4 rings (SSSR count). The number of hydrogen-bond donors (Lipinski definition) is 3. The number of ether oxygens (including phenoxy) is 1. The van der Waals surface area contributed by atoms with Crippen LogP contribution >= 0.6 is 0 Å². The summed E-state index contributed by atoms with van der Waals surface area (Å²) in [5.41, 5.74) is -0.113. The fourth-order valence-electron chi connectivity index (χ4n) is 4.25. The quantitative estimate of drug-likeness (QED) is 0.544. The third kappa shape index (κ3) is 5.19. The van der Waals surface area contributed by atoms with E-state index in [9.17, 15) is 19.2 Å². The first-order chi connectivity index (χ1) is 16.3. The lowest BCUT2D eigenvalue weighted by Crippen LogP contribution is -2.44. The molecule has 0 spiro atoms. The molecule has 2 fully saturated rings. The van der Waals surface area contributed by atoms with Crippen molar-refractivity contribution in [2.75, 3.05) is 25.0 Å². The molecule has 178 valence electrons. The van der Waals surface area contributed by atoms with Crippen LogP contribution in [0.25, 0.3) is 0 Å². The molecule has 2 atom stereocenters. The van der Waals surface area contributed by atoms with Crippen molar-refractivity contribution in [3.8, 4) is 5.75 Å². The van der Waals surface area contributed by atoms with Crippen LogP contribution in [0.3, 0.4) is 0 Å².